The van der Waals surface area contributed by atoms with E-state index in [1.54, 1.807) is 17.0 Å². The summed E-state index contributed by atoms with van der Waals surface area (Å²) in [7, 11) is -3.80. The van der Waals surface area contributed by atoms with Crippen LogP contribution in [-0.4, -0.2) is 49.1 Å². The Balaban J connectivity index is 1.75. The quantitative estimate of drug-likeness (QED) is 0.829. The molecule has 2 heterocycles. The second-order valence-electron chi connectivity index (χ2n) is 5.22. The summed E-state index contributed by atoms with van der Waals surface area (Å²) in [5, 5.41) is 0. The van der Waals surface area contributed by atoms with Crippen LogP contribution in [0.1, 0.15) is 29.6 Å². The molecule has 1 aromatic rings. The minimum atomic E-state index is -3.80. The molecule has 2 aliphatic heterocycles. The molecule has 0 saturated carbocycles. The molecule has 6 nitrogen and oxygen atoms in total. The van der Waals surface area contributed by atoms with Gasteiger partial charge in [-0.25, -0.2) is 12.7 Å². The second kappa shape index (κ2) is 5.14. The Hall–Kier alpha value is -1.89. The lowest BCUT2D eigenvalue weighted by Gasteiger charge is -2.18. The first-order chi connectivity index (χ1) is 10.0. The molecule has 1 saturated heterocycles. The van der Waals surface area contributed by atoms with E-state index in [-0.39, 0.29) is 29.3 Å². The molecule has 0 aliphatic carbocycles. The number of amides is 2. The summed E-state index contributed by atoms with van der Waals surface area (Å²) in [5.41, 5.74) is 0.186. The van der Waals surface area contributed by atoms with E-state index < -0.39 is 15.9 Å². The first kappa shape index (κ1) is 14.1. The summed E-state index contributed by atoms with van der Waals surface area (Å²) >= 11 is 0. The third kappa shape index (κ3) is 2.31. The normalized spacial score (nSPS) is 19.9. The van der Waals surface area contributed by atoms with E-state index in [9.17, 15) is 18.0 Å². The number of hydrogen-bond acceptors (Lipinski definition) is 4. The molecule has 0 aromatic heterocycles. The molecule has 0 atom stereocenters. The van der Waals surface area contributed by atoms with Gasteiger partial charge in [0.1, 0.15) is 4.90 Å². The van der Waals surface area contributed by atoms with Gasteiger partial charge in [-0.15, -0.1) is 0 Å². The van der Waals surface area contributed by atoms with E-state index in [2.05, 4.69) is 0 Å². The molecule has 7 heteroatoms. The summed E-state index contributed by atoms with van der Waals surface area (Å²) in [4.78, 5) is 25.9. The standard InChI is InChI=1S/C14H16N2O4S/c17-13(15-8-3-4-9-15)7-10-16-14(18)11-5-1-2-6-12(11)21(16,19)20/h1-2,5-6H,3-4,7-10H2. The maximum atomic E-state index is 12.3. The van der Waals surface area contributed by atoms with Crippen molar-refractivity contribution < 1.29 is 18.0 Å². The summed E-state index contributed by atoms with van der Waals surface area (Å²) in [6.45, 7) is 1.35. The van der Waals surface area contributed by atoms with Crippen molar-refractivity contribution in [1.82, 2.24) is 9.21 Å². The number of carbonyl (C=O) groups excluding carboxylic acids is 2. The minimum absolute atomic E-state index is 0.0311. The first-order valence-corrected chi connectivity index (χ1v) is 8.40. The van der Waals surface area contributed by atoms with Gasteiger partial charge in [0.2, 0.25) is 5.91 Å². The molecule has 1 aromatic carbocycles. The van der Waals surface area contributed by atoms with Crippen molar-refractivity contribution in [3.8, 4) is 0 Å². The fourth-order valence-electron chi connectivity index (χ4n) is 2.77. The van der Waals surface area contributed by atoms with Crippen molar-refractivity contribution in [2.24, 2.45) is 0 Å². The molecule has 112 valence electrons. The van der Waals surface area contributed by atoms with E-state index in [1.165, 1.54) is 12.1 Å². The lowest BCUT2D eigenvalue weighted by molar-refractivity contribution is -0.130. The predicted molar refractivity (Wildman–Crippen MR) is 75.1 cm³/mol. The highest BCUT2D eigenvalue weighted by atomic mass is 32.2. The van der Waals surface area contributed by atoms with E-state index >= 15 is 0 Å². The fourth-order valence-corrected chi connectivity index (χ4v) is 4.34. The van der Waals surface area contributed by atoms with Crippen LogP contribution in [0.15, 0.2) is 29.2 Å². The van der Waals surface area contributed by atoms with Crippen LogP contribution in [0.25, 0.3) is 0 Å². The van der Waals surface area contributed by atoms with Gasteiger partial charge < -0.3 is 4.90 Å². The molecule has 1 fully saturated rings. The van der Waals surface area contributed by atoms with Crippen molar-refractivity contribution in [3.05, 3.63) is 29.8 Å². The van der Waals surface area contributed by atoms with E-state index in [1.807, 2.05) is 0 Å². The van der Waals surface area contributed by atoms with E-state index in [0.717, 1.165) is 30.2 Å². The molecular formula is C14H16N2O4S. The minimum Gasteiger partial charge on any atom is -0.343 e. The Labute approximate surface area is 123 Å². The van der Waals surface area contributed by atoms with Crippen LogP contribution >= 0.6 is 0 Å². The Bertz CT molecular complexity index is 693. The van der Waals surface area contributed by atoms with Crippen LogP contribution in [0.4, 0.5) is 0 Å². The lowest BCUT2D eigenvalue weighted by Crippen LogP contribution is -2.35. The van der Waals surface area contributed by atoms with Gasteiger partial charge in [0, 0.05) is 26.1 Å². The maximum Gasteiger partial charge on any atom is 0.269 e. The molecular weight excluding hydrogens is 292 g/mol. The van der Waals surface area contributed by atoms with Crippen molar-refractivity contribution in [2.45, 2.75) is 24.2 Å². The number of likely N-dealkylation sites (tertiary alicyclic amines) is 1. The van der Waals surface area contributed by atoms with E-state index in [0.29, 0.717) is 0 Å². The maximum absolute atomic E-state index is 12.3. The van der Waals surface area contributed by atoms with Crippen LogP contribution in [0.2, 0.25) is 0 Å². The highest BCUT2D eigenvalue weighted by Crippen LogP contribution is 2.29. The zero-order valence-corrected chi connectivity index (χ0v) is 12.3. The van der Waals surface area contributed by atoms with Crippen molar-refractivity contribution in [1.29, 1.82) is 0 Å². The van der Waals surface area contributed by atoms with E-state index in [4.69, 9.17) is 0 Å². The zero-order chi connectivity index (χ0) is 15.0. The van der Waals surface area contributed by atoms with Gasteiger partial charge in [0.15, 0.2) is 0 Å². The van der Waals surface area contributed by atoms with Gasteiger partial charge in [-0.2, -0.15) is 0 Å². The van der Waals surface area contributed by atoms with Crippen molar-refractivity contribution in [2.75, 3.05) is 19.6 Å². The highest BCUT2D eigenvalue weighted by Gasteiger charge is 2.40. The molecule has 21 heavy (non-hydrogen) atoms. The Morgan fingerprint density at radius 3 is 2.48 bits per heavy atom. The largest absolute Gasteiger partial charge is 0.343 e. The van der Waals surface area contributed by atoms with Gasteiger partial charge in [-0.3, -0.25) is 9.59 Å². The molecule has 0 spiro atoms. The molecule has 0 unspecified atom stereocenters. The smallest absolute Gasteiger partial charge is 0.269 e. The second-order valence-corrected chi connectivity index (χ2v) is 7.05. The first-order valence-electron chi connectivity index (χ1n) is 6.96. The average molecular weight is 308 g/mol. The lowest BCUT2D eigenvalue weighted by atomic mass is 10.2. The van der Waals surface area contributed by atoms with Gasteiger partial charge in [-0.1, -0.05) is 12.1 Å². The van der Waals surface area contributed by atoms with Crippen LogP contribution < -0.4 is 0 Å². The molecule has 0 radical (unpaired) electrons. The summed E-state index contributed by atoms with van der Waals surface area (Å²) in [5.74, 6) is -0.633. The highest BCUT2D eigenvalue weighted by molar-refractivity contribution is 7.90. The van der Waals surface area contributed by atoms with Crippen molar-refractivity contribution in [3.63, 3.8) is 0 Å². The van der Waals surface area contributed by atoms with Gasteiger partial charge >= 0.3 is 0 Å². The van der Waals surface area contributed by atoms with Crippen molar-refractivity contribution >= 4 is 21.8 Å². The number of rotatable bonds is 3. The number of nitrogens with zero attached hydrogens (tertiary/aromatic N) is 2. The number of fused-ring (bicyclic) bond motifs is 1. The number of hydrogen-bond donors (Lipinski definition) is 0. The Kier molecular flexibility index (Phi) is 3.44. The summed E-state index contributed by atoms with van der Waals surface area (Å²) in [6.07, 6.45) is 2.01. The monoisotopic (exact) mass is 308 g/mol. The third-order valence-electron chi connectivity index (χ3n) is 3.90. The topological polar surface area (TPSA) is 74.8 Å². The molecule has 0 bridgehead atoms. The SMILES string of the molecule is O=C(CCN1C(=O)c2ccccc2S1(=O)=O)N1CCCC1. The fraction of sp³-hybridized carbons (Fsp3) is 0.429. The van der Waals surface area contributed by atoms with Crippen LogP contribution in [-0.2, 0) is 14.8 Å². The predicted octanol–water partition coefficient (Wildman–Crippen LogP) is 0.844. The average Bonchev–Trinajstić information content (AvgIpc) is 3.06. The number of benzene rings is 1. The number of carbonyl (C=O) groups is 2. The Morgan fingerprint density at radius 1 is 1.14 bits per heavy atom. The summed E-state index contributed by atoms with van der Waals surface area (Å²) < 4.78 is 25.4. The van der Waals surface area contributed by atoms with Gasteiger partial charge in [0.25, 0.3) is 15.9 Å². The van der Waals surface area contributed by atoms with Crippen LogP contribution in [0, 0.1) is 0 Å². The van der Waals surface area contributed by atoms with Crippen LogP contribution in [0.5, 0.6) is 0 Å². The third-order valence-corrected chi connectivity index (χ3v) is 5.74. The Morgan fingerprint density at radius 2 is 1.81 bits per heavy atom. The van der Waals surface area contributed by atoms with Crippen LogP contribution in [0.3, 0.4) is 0 Å². The molecule has 2 amide bonds. The molecule has 0 N–H and O–H groups in total. The zero-order valence-electron chi connectivity index (χ0n) is 11.5. The summed E-state index contributed by atoms with van der Waals surface area (Å²) in [6, 6.07) is 6.13. The van der Waals surface area contributed by atoms with Gasteiger partial charge in [-0.05, 0) is 25.0 Å². The number of sulfonamides is 1. The molecule has 2 aliphatic rings. The molecule has 3 rings (SSSR count). The van der Waals surface area contributed by atoms with Gasteiger partial charge in [0.05, 0.1) is 5.56 Å².